The van der Waals surface area contributed by atoms with Crippen LogP contribution in [0.4, 0.5) is 5.69 Å². The Kier molecular flexibility index (Phi) is 4.08. The van der Waals surface area contributed by atoms with Crippen LogP contribution in [-0.2, 0) is 4.79 Å². The first-order chi connectivity index (χ1) is 12.7. The molecule has 1 saturated heterocycles. The number of aromatic nitrogens is 1. The Hall–Kier alpha value is -3.28. The number of carbonyl (C=O) groups is 2. The quantitative estimate of drug-likeness (QED) is 0.760. The molecule has 2 N–H and O–H groups in total. The van der Waals surface area contributed by atoms with Gasteiger partial charge in [0, 0.05) is 30.2 Å². The van der Waals surface area contributed by atoms with E-state index in [4.69, 9.17) is 4.74 Å². The fourth-order valence-corrected chi connectivity index (χ4v) is 3.35. The van der Waals surface area contributed by atoms with E-state index in [2.05, 4.69) is 10.3 Å². The number of fused-ring (bicyclic) bond motifs is 1. The maximum absolute atomic E-state index is 12.6. The smallest absolute Gasteiger partial charge is 0.251 e. The van der Waals surface area contributed by atoms with E-state index in [9.17, 15) is 9.59 Å². The molecule has 0 spiro atoms. The number of nitrogens with one attached hydrogen (secondary N) is 2. The van der Waals surface area contributed by atoms with Crippen molar-refractivity contribution in [2.75, 3.05) is 18.6 Å². The number of hydrogen-bond donors (Lipinski definition) is 2. The zero-order chi connectivity index (χ0) is 18.1. The van der Waals surface area contributed by atoms with E-state index < -0.39 is 0 Å². The second-order valence-electron chi connectivity index (χ2n) is 6.33. The summed E-state index contributed by atoms with van der Waals surface area (Å²) in [6, 6.07) is 14.6. The third-order valence-corrected chi connectivity index (χ3v) is 4.65. The van der Waals surface area contributed by atoms with E-state index in [-0.39, 0.29) is 24.3 Å². The zero-order valence-electron chi connectivity index (χ0n) is 14.4. The standard InChI is InChI=1S/C20H19N3O3/c1-26-18-5-3-2-4-17(18)23-12-15(11-19(23)24)22-20(25)14-7-6-13-8-9-21-16(13)10-14/h2-10,15,21H,11-12H2,1H3,(H,22,25)/t15-/m1/s1. The second-order valence-corrected chi connectivity index (χ2v) is 6.33. The average molecular weight is 349 g/mol. The summed E-state index contributed by atoms with van der Waals surface area (Å²) in [6.07, 6.45) is 2.11. The predicted octanol–water partition coefficient (Wildman–Crippen LogP) is 2.71. The summed E-state index contributed by atoms with van der Waals surface area (Å²) in [5.41, 5.74) is 2.21. The third-order valence-electron chi connectivity index (χ3n) is 4.65. The first kappa shape index (κ1) is 16.2. The van der Waals surface area contributed by atoms with Gasteiger partial charge in [-0.2, -0.15) is 0 Å². The van der Waals surface area contributed by atoms with Crippen LogP contribution in [0.3, 0.4) is 0 Å². The van der Waals surface area contributed by atoms with Crippen molar-refractivity contribution in [1.82, 2.24) is 10.3 Å². The molecule has 1 atom stereocenters. The number of methoxy groups -OCH3 is 1. The molecule has 0 bridgehead atoms. The Morgan fingerprint density at radius 1 is 1.23 bits per heavy atom. The molecule has 2 aromatic carbocycles. The average Bonchev–Trinajstić information content (AvgIpc) is 3.27. The van der Waals surface area contributed by atoms with Crippen molar-refractivity contribution in [3.8, 4) is 5.75 Å². The topological polar surface area (TPSA) is 74.4 Å². The predicted molar refractivity (Wildman–Crippen MR) is 99.5 cm³/mol. The van der Waals surface area contributed by atoms with Gasteiger partial charge in [-0.05, 0) is 35.7 Å². The molecule has 1 aliphatic rings. The van der Waals surface area contributed by atoms with Gasteiger partial charge >= 0.3 is 0 Å². The van der Waals surface area contributed by atoms with Gasteiger partial charge in [0.25, 0.3) is 5.91 Å². The number of ether oxygens (including phenoxy) is 1. The maximum atomic E-state index is 12.6. The normalized spacial score (nSPS) is 16.9. The van der Waals surface area contributed by atoms with Crippen LogP contribution >= 0.6 is 0 Å². The van der Waals surface area contributed by atoms with Crippen LogP contribution < -0.4 is 15.0 Å². The first-order valence-electron chi connectivity index (χ1n) is 8.47. The summed E-state index contributed by atoms with van der Waals surface area (Å²) in [4.78, 5) is 29.8. The van der Waals surface area contributed by atoms with Crippen molar-refractivity contribution in [2.45, 2.75) is 12.5 Å². The van der Waals surface area contributed by atoms with Gasteiger partial charge in [-0.1, -0.05) is 18.2 Å². The number of anilines is 1. The van der Waals surface area contributed by atoms with Gasteiger partial charge in [0.15, 0.2) is 0 Å². The number of H-pyrrole nitrogens is 1. The molecule has 1 aliphatic heterocycles. The number of para-hydroxylation sites is 2. The molecule has 0 aliphatic carbocycles. The lowest BCUT2D eigenvalue weighted by molar-refractivity contribution is -0.117. The largest absolute Gasteiger partial charge is 0.495 e. The summed E-state index contributed by atoms with van der Waals surface area (Å²) < 4.78 is 5.34. The molecule has 6 heteroatoms. The lowest BCUT2D eigenvalue weighted by Gasteiger charge is -2.19. The van der Waals surface area contributed by atoms with Gasteiger partial charge in [0.05, 0.1) is 18.8 Å². The Bertz CT molecular complexity index is 979. The zero-order valence-corrected chi connectivity index (χ0v) is 14.4. The van der Waals surface area contributed by atoms with Crippen molar-refractivity contribution in [3.05, 3.63) is 60.3 Å². The fourth-order valence-electron chi connectivity index (χ4n) is 3.35. The Morgan fingerprint density at radius 2 is 2.08 bits per heavy atom. The molecule has 0 unspecified atom stereocenters. The van der Waals surface area contributed by atoms with E-state index in [1.165, 1.54) is 0 Å². The number of nitrogens with zero attached hydrogens (tertiary/aromatic N) is 1. The Morgan fingerprint density at radius 3 is 2.92 bits per heavy atom. The summed E-state index contributed by atoms with van der Waals surface area (Å²) in [5.74, 6) is 0.436. The highest BCUT2D eigenvalue weighted by molar-refractivity contribution is 6.01. The molecule has 3 aromatic rings. The molecule has 2 amide bonds. The number of amides is 2. The van der Waals surface area contributed by atoms with Gasteiger partial charge < -0.3 is 19.9 Å². The molecule has 132 valence electrons. The molecule has 26 heavy (non-hydrogen) atoms. The minimum Gasteiger partial charge on any atom is -0.495 e. The van der Waals surface area contributed by atoms with Gasteiger partial charge in [0.1, 0.15) is 5.75 Å². The lowest BCUT2D eigenvalue weighted by atomic mass is 10.1. The molecular formula is C20H19N3O3. The van der Waals surface area contributed by atoms with E-state index in [0.717, 1.165) is 16.6 Å². The minimum atomic E-state index is -0.237. The number of aromatic amines is 1. The van der Waals surface area contributed by atoms with Gasteiger partial charge in [-0.25, -0.2) is 0 Å². The molecule has 1 aromatic heterocycles. The Labute approximate surface area is 150 Å². The van der Waals surface area contributed by atoms with E-state index in [1.807, 2.05) is 48.7 Å². The van der Waals surface area contributed by atoms with E-state index in [0.29, 0.717) is 17.9 Å². The second kappa shape index (κ2) is 6.55. The van der Waals surface area contributed by atoms with Crippen LogP contribution in [-0.4, -0.2) is 36.5 Å². The molecule has 0 saturated carbocycles. The third kappa shape index (κ3) is 2.90. The highest BCUT2D eigenvalue weighted by atomic mass is 16.5. The summed E-state index contributed by atoms with van der Waals surface area (Å²) in [5, 5.41) is 4.02. The van der Waals surface area contributed by atoms with Crippen LogP contribution in [0.5, 0.6) is 5.75 Å². The molecule has 4 rings (SSSR count). The molecular weight excluding hydrogens is 330 g/mol. The van der Waals surface area contributed by atoms with Crippen LogP contribution in [0.1, 0.15) is 16.8 Å². The van der Waals surface area contributed by atoms with Crippen molar-refractivity contribution in [3.63, 3.8) is 0 Å². The molecule has 1 fully saturated rings. The highest BCUT2D eigenvalue weighted by Crippen LogP contribution is 2.31. The molecule has 2 heterocycles. The van der Waals surface area contributed by atoms with Crippen LogP contribution in [0.15, 0.2) is 54.7 Å². The van der Waals surface area contributed by atoms with E-state index >= 15 is 0 Å². The van der Waals surface area contributed by atoms with Gasteiger partial charge in [-0.15, -0.1) is 0 Å². The molecule has 0 radical (unpaired) electrons. The summed E-state index contributed by atoms with van der Waals surface area (Å²) in [7, 11) is 1.58. The van der Waals surface area contributed by atoms with Gasteiger partial charge in [-0.3, -0.25) is 9.59 Å². The van der Waals surface area contributed by atoms with Crippen molar-refractivity contribution in [1.29, 1.82) is 0 Å². The van der Waals surface area contributed by atoms with Crippen LogP contribution in [0.25, 0.3) is 10.9 Å². The number of carbonyl (C=O) groups excluding carboxylic acids is 2. The maximum Gasteiger partial charge on any atom is 0.251 e. The monoisotopic (exact) mass is 349 g/mol. The van der Waals surface area contributed by atoms with Crippen molar-refractivity contribution < 1.29 is 14.3 Å². The van der Waals surface area contributed by atoms with Crippen molar-refractivity contribution in [2.24, 2.45) is 0 Å². The van der Waals surface area contributed by atoms with Crippen LogP contribution in [0, 0.1) is 0 Å². The van der Waals surface area contributed by atoms with Gasteiger partial charge in [0.2, 0.25) is 5.91 Å². The van der Waals surface area contributed by atoms with E-state index in [1.54, 1.807) is 18.1 Å². The number of hydrogen-bond acceptors (Lipinski definition) is 3. The molecule has 6 nitrogen and oxygen atoms in total. The summed E-state index contributed by atoms with van der Waals surface area (Å²) >= 11 is 0. The summed E-state index contributed by atoms with van der Waals surface area (Å²) in [6.45, 7) is 0.426. The number of benzene rings is 2. The fraction of sp³-hybridized carbons (Fsp3) is 0.200. The number of rotatable bonds is 4. The Balaban J connectivity index is 1.49. The van der Waals surface area contributed by atoms with Crippen molar-refractivity contribution >= 4 is 28.4 Å². The highest BCUT2D eigenvalue weighted by Gasteiger charge is 2.33. The SMILES string of the molecule is COc1ccccc1N1C[C@H](NC(=O)c2ccc3cc[nH]c3c2)CC1=O. The lowest BCUT2D eigenvalue weighted by Crippen LogP contribution is -2.37. The first-order valence-corrected chi connectivity index (χ1v) is 8.47. The van der Waals surface area contributed by atoms with Crippen LogP contribution in [0.2, 0.25) is 0 Å². The minimum absolute atomic E-state index is 0.0281.